The number of hydrogen-bond donors (Lipinski definition) is 0. The molecule has 1 aromatic carbocycles. The Balaban J connectivity index is 2.53. The molecule has 0 amide bonds. The van der Waals surface area contributed by atoms with Crippen molar-refractivity contribution < 1.29 is 0 Å². The Kier molecular flexibility index (Phi) is 1.50. The van der Waals surface area contributed by atoms with Gasteiger partial charge in [-0.3, -0.25) is 4.99 Å². The van der Waals surface area contributed by atoms with Gasteiger partial charge < -0.3 is 0 Å². The lowest BCUT2D eigenvalue weighted by molar-refractivity contribution is 1.03. The van der Waals surface area contributed by atoms with Gasteiger partial charge in [-0.2, -0.15) is 0 Å². The van der Waals surface area contributed by atoms with E-state index in [4.69, 9.17) is 0 Å². The zero-order valence-electron chi connectivity index (χ0n) is 6.38. The lowest BCUT2D eigenvalue weighted by atomic mass is 10.0. The van der Waals surface area contributed by atoms with Gasteiger partial charge >= 0.3 is 0 Å². The summed E-state index contributed by atoms with van der Waals surface area (Å²) in [5.74, 6) is 0. The quantitative estimate of drug-likeness (QED) is 0.530. The van der Waals surface area contributed by atoms with Crippen LogP contribution in [0.1, 0.15) is 17.5 Å². The van der Waals surface area contributed by atoms with Gasteiger partial charge in [-0.25, -0.2) is 0 Å². The van der Waals surface area contributed by atoms with Crippen molar-refractivity contribution in [2.24, 2.45) is 4.99 Å². The summed E-state index contributed by atoms with van der Waals surface area (Å²) < 4.78 is 0. The lowest BCUT2D eigenvalue weighted by Gasteiger charge is -2.09. The van der Waals surface area contributed by atoms with Gasteiger partial charge in [0.15, 0.2) is 0 Å². The Bertz CT molecular complexity index is 300. The van der Waals surface area contributed by atoms with Gasteiger partial charge in [0.05, 0.1) is 5.69 Å². The Morgan fingerprint density at radius 3 is 3.18 bits per heavy atom. The molecule has 0 aromatic heterocycles. The first-order valence-corrected chi connectivity index (χ1v) is 3.84. The first-order valence-electron chi connectivity index (χ1n) is 3.84. The monoisotopic (exact) mass is 144 g/mol. The minimum atomic E-state index is 1.07. The number of fused-ring (bicyclic) bond motifs is 1. The summed E-state index contributed by atoms with van der Waals surface area (Å²) in [6.45, 7) is 3.88. The minimum absolute atomic E-state index is 1.07. The third-order valence-corrected chi connectivity index (χ3v) is 1.92. The molecule has 1 aliphatic rings. The van der Waals surface area contributed by atoms with Crippen LogP contribution in [0.5, 0.6) is 0 Å². The maximum Gasteiger partial charge on any atom is 0.0657 e. The van der Waals surface area contributed by atoms with Gasteiger partial charge in [-0.05, 0) is 37.0 Å². The summed E-state index contributed by atoms with van der Waals surface area (Å²) in [5.41, 5.74) is 3.53. The highest BCUT2D eigenvalue weighted by Crippen LogP contribution is 2.24. The molecule has 0 saturated heterocycles. The molecule has 0 aliphatic carbocycles. The smallest absolute Gasteiger partial charge is 0.0657 e. The molecular formula is C10H10N. The summed E-state index contributed by atoms with van der Waals surface area (Å²) in [6.07, 6.45) is 4.16. The van der Waals surface area contributed by atoms with E-state index in [9.17, 15) is 0 Å². The molecule has 55 valence electrons. The van der Waals surface area contributed by atoms with Crippen LogP contribution in [-0.4, -0.2) is 6.21 Å². The van der Waals surface area contributed by atoms with E-state index in [0.29, 0.717) is 0 Å². The Morgan fingerprint density at radius 1 is 1.36 bits per heavy atom. The SMILES string of the molecule is [CH2]c1ccc2c(c1)CCC=N2. The van der Waals surface area contributed by atoms with E-state index in [1.54, 1.807) is 0 Å². The molecule has 0 atom stereocenters. The van der Waals surface area contributed by atoms with Crippen molar-refractivity contribution in [3.8, 4) is 0 Å². The van der Waals surface area contributed by atoms with Crippen LogP contribution in [-0.2, 0) is 6.42 Å². The standard InChI is InChI=1S/C10H10N/c1-8-4-5-10-9(7-8)3-2-6-11-10/h4-7H,1-3H2. The van der Waals surface area contributed by atoms with Gasteiger partial charge in [-0.15, -0.1) is 0 Å². The first kappa shape index (κ1) is 6.59. The van der Waals surface area contributed by atoms with Crippen LogP contribution in [0.25, 0.3) is 0 Å². The lowest BCUT2D eigenvalue weighted by Crippen LogP contribution is -1.93. The Labute approximate surface area is 66.8 Å². The molecule has 0 bridgehead atoms. The van der Waals surface area contributed by atoms with E-state index in [1.165, 1.54) is 5.56 Å². The van der Waals surface area contributed by atoms with Crippen molar-refractivity contribution in [1.29, 1.82) is 0 Å². The predicted molar refractivity (Wildman–Crippen MR) is 47.4 cm³/mol. The molecule has 0 unspecified atom stereocenters. The fourth-order valence-corrected chi connectivity index (χ4v) is 1.35. The maximum absolute atomic E-state index is 4.28. The van der Waals surface area contributed by atoms with Crippen LogP contribution in [0.4, 0.5) is 5.69 Å². The van der Waals surface area contributed by atoms with Gasteiger partial charge in [0.1, 0.15) is 0 Å². The average Bonchev–Trinajstić information content (AvgIpc) is 2.04. The average molecular weight is 144 g/mol. The third-order valence-electron chi connectivity index (χ3n) is 1.92. The highest BCUT2D eigenvalue weighted by molar-refractivity contribution is 5.69. The highest BCUT2D eigenvalue weighted by atomic mass is 14.7. The second-order valence-corrected chi connectivity index (χ2v) is 2.81. The summed E-state index contributed by atoms with van der Waals surface area (Å²) in [5, 5.41) is 0. The normalized spacial score (nSPS) is 14.6. The second kappa shape index (κ2) is 2.50. The van der Waals surface area contributed by atoms with E-state index in [-0.39, 0.29) is 0 Å². The van der Waals surface area contributed by atoms with Gasteiger partial charge in [-0.1, -0.05) is 12.1 Å². The molecule has 2 rings (SSSR count). The third kappa shape index (κ3) is 1.18. The minimum Gasteiger partial charge on any atom is -0.261 e. The molecule has 0 N–H and O–H groups in total. The largest absolute Gasteiger partial charge is 0.261 e. The molecule has 1 heterocycles. The fraction of sp³-hybridized carbons (Fsp3) is 0.200. The van der Waals surface area contributed by atoms with Gasteiger partial charge in [0.2, 0.25) is 0 Å². The molecule has 11 heavy (non-hydrogen) atoms. The van der Waals surface area contributed by atoms with Crippen LogP contribution in [0.2, 0.25) is 0 Å². The first-order chi connectivity index (χ1) is 5.36. The summed E-state index contributed by atoms with van der Waals surface area (Å²) in [7, 11) is 0. The number of aryl methyl sites for hydroxylation is 1. The maximum atomic E-state index is 4.28. The summed E-state index contributed by atoms with van der Waals surface area (Å²) >= 11 is 0. The van der Waals surface area contributed by atoms with Crippen molar-refractivity contribution in [3.05, 3.63) is 36.2 Å². The van der Waals surface area contributed by atoms with E-state index in [2.05, 4.69) is 18.0 Å². The van der Waals surface area contributed by atoms with E-state index in [0.717, 1.165) is 24.1 Å². The molecular weight excluding hydrogens is 134 g/mol. The van der Waals surface area contributed by atoms with Crippen LogP contribution < -0.4 is 0 Å². The number of hydrogen-bond acceptors (Lipinski definition) is 1. The summed E-state index contributed by atoms with van der Waals surface area (Å²) in [4.78, 5) is 4.28. The molecule has 0 saturated carbocycles. The fourth-order valence-electron chi connectivity index (χ4n) is 1.35. The van der Waals surface area contributed by atoms with E-state index < -0.39 is 0 Å². The predicted octanol–water partition coefficient (Wildman–Crippen LogP) is 2.52. The topological polar surface area (TPSA) is 12.4 Å². The van der Waals surface area contributed by atoms with Crippen molar-refractivity contribution in [1.82, 2.24) is 0 Å². The molecule has 1 nitrogen and oxygen atoms in total. The van der Waals surface area contributed by atoms with Crippen LogP contribution >= 0.6 is 0 Å². The van der Waals surface area contributed by atoms with E-state index in [1.807, 2.05) is 18.3 Å². The number of rotatable bonds is 0. The molecule has 0 fully saturated rings. The Morgan fingerprint density at radius 2 is 2.27 bits per heavy atom. The van der Waals surface area contributed by atoms with Crippen LogP contribution in [0, 0.1) is 6.92 Å². The van der Waals surface area contributed by atoms with Gasteiger partial charge in [0, 0.05) is 6.21 Å². The van der Waals surface area contributed by atoms with Crippen molar-refractivity contribution in [3.63, 3.8) is 0 Å². The molecule has 1 heteroatoms. The Hall–Kier alpha value is -1.11. The molecule has 1 radical (unpaired) electrons. The zero-order chi connectivity index (χ0) is 7.68. The van der Waals surface area contributed by atoms with Crippen LogP contribution in [0.15, 0.2) is 23.2 Å². The van der Waals surface area contributed by atoms with Gasteiger partial charge in [0.25, 0.3) is 0 Å². The van der Waals surface area contributed by atoms with E-state index >= 15 is 0 Å². The molecule has 0 spiro atoms. The highest BCUT2D eigenvalue weighted by Gasteiger charge is 2.03. The number of aliphatic imine (C=N–C) groups is 1. The van der Waals surface area contributed by atoms with Crippen LogP contribution in [0.3, 0.4) is 0 Å². The molecule has 1 aromatic rings. The molecule has 1 aliphatic heterocycles. The van der Waals surface area contributed by atoms with Crippen molar-refractivity contribution in [2.45, 2.75) is 12.8 Å². The van der Waals surface area contributed by atoms with Crippen molar-refractivity contribution >= 4 is 11.9 Å². The zero-order valence-corrected chi connectivity index (χ0v) is 6.38. The van der Waals surface area contributed by atoms with Crippen molar-refractivity contribution in [2.75, 3.05) is 0 Å². The second-order valence-electron chi connectivity index (χ2n) is 2.81. The number of benzene rings is 1. The summed E-state index contributed by atoms with van der Waals surface area (Å²) in [6, 6.07) is 6.15. The number of nitrogens with zero attached hydrogens (tertiary/aromatic N) is 1.